The normalized spacial score (nSPS) is 19.6. The fourth-order valence-electron chi connectivity index (χ4n) is 4.15. The predicted octanol–water partition coefficient (Wildman–Crippen LogP) is 0.148. The SMILES string of the molecule is CCO/N=C(\C(=O)N[C@@H]1C(=O)N2C(C(=O)O)=C(C[n+]3cnn4cc(C)ccc43)CS[C@H]12)c1csc(N)n1. The van der Waals surface area contributed by atoms with Gasteiger partial charge in [0.2, 0.25) is 0 Å². The number of hydrogen-bond donors (Lipinski definition) is 3. The molecule has 0 saturated carbocycles. The van der Waals surface area contributed by atoms with Gasteiger partial charge in [0.1, 0.15) is 35.6 Å². The minimum atomic E-state index is -1.21. The molecule has 0 aromatic carbocycles. The van der Waals surface area contributed by atoms with Crippen LogP contribution in [0.4, 0.5) is 5.13 Å². The summed E-state index contributed by atoms with van der Waals surface area (Å²) in [5.41, 5.74) is 8.12. The number of rotatable bonds is 8. The largest absolute Gasteiger partial charge is 0.477 e. The summed E-state index contributed by atoms with van der Waals surface area (Å²) >= 11 is 2.52. The molecule has 0 radical (unpaired) electrons. The van der Waals surface area contributed by atoms with Crippen LogP contribution in [-0.4, -0.2) is 71.9 Å². The monoisotopic (exact) mass is 543 g/mol. The molecule has 1 saturated heterocycles. The molecule has 37 heavy (non-hydrogen) atoms. The van der Waals surface area contributed by atoms with Crippen molar-refractivity contribution >= 4 is 57.4 Å². The van der Waals surface area contributed by atoms with E-state index < -0.39 is 29.2 Å². The zero-order valence-corrected chi connectivity index (χ0v) is 21.5. The first-order chi connectivity index (χ1) is 17.8. The second-order valence-corrected chi connectivity index (χ2v) is 10.3. The van der Waals surface area contributed by atoms with Gasteiger partial charge in [-0.15, -0.1) is 23.1 Å². The number of β-lactam (4-membered cyclic amide) rings is 1. The van der Waals surface area contributed by atoms with E-state index in [1.165, 1.54) is 16.7 Å². The Morgan fingerprint density at radius 3 is 2.92 bits per heavy atom. The van der Waals surface area contributed by atoms with Crippen molar-refractivity contribution in [2.75, 3.05) is 18.1 Å². The second kappa shape index (κ2) is 9.82. The maximum atomic E-state index is 13.1. The second-order valence-electron chi connectivity index (χ2n) is 8.31. The zero-order valence-electron chi connectivity index (χ0n) is 19.8. The number of pyridine rings is 1. The third-order valence-corrected chi connectivity index (χ3v) is 7.84. The average Bonchev–Trinajstić information content (AvgIpc) is 3.47. The van der Waals surface area contributed by atoms with Crippen LogP contribution in [0.1, 0.15) is 18.2 Å². The number of aryl methyl sites for hydroxylation is 1. The van der Waals surface area contributed by atoms with Crippen molar-refractivity contribution in [2.24, 2.45) is 5.16 Å². The van der Waals surface area contributed by atoms with Crippen molar-refractivity contribution in [3.05, 3.63) is 52.6 Å². The first kappa shape index (κ1) is 24.7. The molecule has 2 atom stereocenters. The Balaban J connectivity index is 1.37. The molecular weight excluding hydrogens is 520 g/mol. The summed E-state index contributed by atoms with van der Waals surface area (Å²) in [7, 11) is 0. The van der Waals surface area contributed by atoms with Crippen LogP contribution in [-0.2, 0) is 25.8 Å². The number of nitrogen functional groups attached to an aromatic ring is 1. The number of thioether (sulfide) groups is 1. The summed E-state index contributed by atoms with van der Waals surface area (Å²) in [4.78, 5) is 48.7. The molecule has 3 aromatic heterocycles. The number of anilines is 1. The van der Waals surface area contributed by atoms with Gasteiger partial charge in [0.15, 0.2) is 10.8 Å². The van der Waals surface area contributed by atoms with Gasteiger partial charge in [-0.05, 0) is 25.5 Å². The molecule has 0 bridgehead atoms. The molecule has 0 aliphatic carbocycles. The molecule has 4 N–H and O–H groups in total. The number of carboxylic acids is 1. The van der Waals surface area contributed by atoms with Crippen molar-refractivity contribution in [2.45, 2.75) is 31.8 Å². The molecule has 2 amide bonds. The molecule has 192 valence electrons. The van der Waals surface area contributed by atoms with Gasteiger partial charge in [0.25, 0.3) is 23.8 Å². The molecule has 13 nitrogen and oxygen atoms in total. The Morgan fingerprint density at radius 1 is 1.41 bits per heavy atom. The number of oxime groups is 1. The quantitative estimate of drug-likeness (QED) is 0.155. The number of fused-ring (bicyclic) bond motifs is 2. The van der Waals surface area contributed by atoms with Crippen molar-refractivity contribution in [3.8, 4) is 0 Å². The average molecular weight is 544 g/mol. The number of carboxylic acid groups (broad SMARTS) is 1. The van der Waals surface area contributed by atoms with E-state index in [0.29, 0.717) is 11.3 Å². The highest BCUT2D eigenvalue weighted by atomic mass is 32.2. The number of thiazole rings is 1. The van der Waals surface area contributed by atoms with Gasteiger partial charge in [0.05, 0.1) is 6.54 Å². The lowest BCUT2D eigenvalue weighted by atomic mass is 10.0. The molecule has 0 spiro atoms. The zero-order chi connectivity index (χ0) is 26.3. The Hall–Kier alpha value is -3.98. The number of aromatic nitrogens is 4. The van der Waals surface area contributed by atoms with Crippen LogP contribution in [0.3, 0.4) is 0 Å². The van der Waals surface area contributed by atoms with Gasteiger partial charge in [-0.2, -0.15) is 0 Å². The molecule has 2 aliphatic rings. The lowest BCUT2D eigenvalue weighted by molar-refractivity contribution is -0.664. The fraction of sp³-hybridized carbons (Fsp3) is 0.318. The van der Waals surface area contributed by atoms with Crippen LogP contribution in [0.25, 0.3) is 5.65 Å². The number of nitrogens with zero attached hydrogens (tertiary/aromatic N) is 6. The first-order valence-electron chi connectivity index (χ1n) is 11.2. The summed E-state index contributed by atoms with van der Waals surface area (Å²) in [6.45, 7) is 4.15. The van der Waals surface area contributed by atoms with Crippen molar-refractivity contribution in [1.82, 2.24) is 24.8 Å². The molecule has 3 aromatic rings. The third kappa shape index (κ3) is 4.51. The van der Waals surface area contributed by atoms with E-state index >= 15 is 0 Å². The third-order valence-electron chi connectivity index (χ3n) is 5.83. The summed E-state index contributed by atoms with van der Waals surface area (Å²) in [6.07, 6.45) is 3.50. The van der Waals surface area contributed by atoms with E-state index in [0.717, 1.165) is 22.5 Å². The smallest absolute Gasteiger partial charge is 0.352 e. The highest BCUT2D eigenvalue weighted by Crippen LogP contribution is 2.40. The van der Waals surface area contributed by atoms with Gasteiger partial charge in [-0.3, -0.25) is 14.5 Å². The summed E-state index contributed by atoms with van der Waals surface area (Å²) in [5.74, 6) is -2.03. The van der Waals surface area contributed by atoms with Gasteiger partial charge in [-0.1, -0.05) is 9.67 Å². The summed E-state index contributed by atoms with van der Waals surface area (Å²) in [5, 5.41) is 22.1. The lowest BCUT2D eigenvalue weighted by Gasteiger charge is -2.49. The molecular formula is C22H23N8O5S2+. The molecule has 1 fully saturated rings. The van der Waals surface area contributed by atoms with Crippen LogP contribution < -0.4 is 15.6 Å². The lowest BCUT2D eigenvalue weighted by Crippen LogP contribution is -2.71. The molecule has 0 unspecified atom stereocenters. The van der Waals surface area contributed by atoms with E-state index in [1.807, 2.05) is 29.8 Å². The number of amides is 2. The van der Waals surface area contributed by atoms with Gasteiger partial charge >= 0.3 is 5.97 Å². The highest BCUT2D eigenvalue weighted by molar-refractivity contribution is 8.00. The maximum absolute atomic E-state index is 13.1. The van der Waals surface area contributed by atoms with Crippen molar-refractivity contribution in [3.63, 3.8) is 0 Å². The molecule has 5 rings (SSSR count). The highest BCUT2D eigenvalue weighted by Gasteiger charge is 2.54. The van der Waals surface area contributed by atoms with Crippen LogP contribution in [0, 0.1) is 6.92 Å². The van der Waals surface area contributed by atoms with E-state index in [-0.39, 0.29) is 35.4 Å². The Kier molecular flexibility index (Phi) is 6.55. The molecule has 15 heteroatoms. The van der Waals surface area contributed by atoms with Gasteiger partial charge in [-0.25, -0.2) is 14.3 Å². The minimum absolute atomic E-state index is 0.0753. The van der Waals surface area contributed by atoms with E-state index in [9.17, 15) is 19.5 Å². The van der Waals surface area contributed by atoms with Gasteiger partial charge < -0.3 is 21.0 Å². The van der Waals surface area contributed by atoms with Crippen LogP contribution in [0.5, 0.6) is 0 Å². The summed E-state index contributed by atoms with van der Waals surface area (Å²) < 4.78 is 3.55. The predicted molar refractivity (Wildman–Crippen MR) is 134 cm³/mol. The first-order valence-corrected chi connectivity index (χ1v) is 13.2. The number of aliphatic carboxylic acids is 1. The maximum Gasteiger partial charge on any atom is 0.352 e. The number of hydrogen-bond acceptors (Lipinski definition) is 10. The van der Waals surface area contributed by atoms with E-state index in [4.69, 9.17) is 10.6 Å². The molecule has 5 heterocycles. The van der Waals surface area contributed by atoms with E-state index in [1.54, 1.807) is 23.1 Å². The number of nitrogens with one attached hydrogen (secondary N) is 1. The number of nitrogens with two attached hydrogens (primary N) is 1. The summed E-state index contributed by atoms with van der Waals surface area (Å²) in [6, 6.07) is 2.92. The van der Waals surface area contributed by atoms with Crippen LogP contribution in [0.2, 0.25) is 0 Å². The molecule has 2 aliphatic heterocycles. The fourth-order valence-corrected chi connectivity index (χ4v) is 6.04. The van der Waals surface area contributed by atoms with Crippen LogP contribution >= 0.6 is 23.1 Å². The van der Waals surface area contributed by atoms with Crippen molar-refractivity contribution in [1.29, 1.82) is 0 Å². The standard InChI is InChI=1S/C22H22N8O5S2/c1-3-35-27-15(13-9-37-22(23)25-13)18(31)26-16-19(32)30-17(21(33)34)12(8-36-20(16)30)7-28-10-24-29-6-11(2)4-5-14(28)29/h4-6,9-10,16,20H,3,7-8H2,1-2H3,(H3-,23,25,26,31,33,34)/p+1/b27-15-/t16-,20-/m1/s1. The number of carbonyl (C=O) groups excluding carboxylic acids is 2. The number of carbonyl (C=O) groups is 3. The van der Waals surface area contributed by atoms with Crippen molar-refractivity contribution < 1.29 is 28.9 Å². The van der Waals surface area contributed by atoms with E-state index in [2.05, 4.69) is 20.6 Å². The minimum Gasteiger partial charge on any atom is -0.477 e. The Bertz CT molecular complexity index is 1480. The Labute approximate surface area is 218 Å². The Morgan fingerprint density at radius 2 is 2.22 bits per heavy atom. The van der Waals surface area contributed by atoms with Gasteiger partial charge in [0, 0.05) is 27.9 Å². The van der Waals surface area contributed by atoms with Crippen LogP contribution in [0.15, 0.2) is 46.5 Å². The topological polar surface area (TPSA) is 168 Å².